The zero-order chi connectivity index (χ0) is 17.7. The standard InChI is InChI=1S/C15H15FN4O2S2/c1-19-15(18)20-13(8-24(21)22)14-5-11(7-23-14)9-2-3-12(16)10(4-9)6-17/h2-5,7,13H,8H2,1H3,(H,21,22)(H3,18,19,20)/p-1. The molecule has 24 heavy (non-hydrogen) atoms. The number of aliphatic imine (C=N–C) groups is 1. The van der Waals surface area contributed by atoms with E-state index in [0.29, 0.717) is 5.56 Å². The molecule has 126 valence electrons. The Morgan fingerprint density at radius 2 is 2.29 bits per heavy atom. The van der Waals surface area contributed by atoms with Crippen molar-refractivity contribution < 1.29 is 13.2 Å². The molecule has 0 bridgehead atoms. The molecule has 0 aliphatic heterocycles. The fourth-order valence-electron chi connectivity index (χ4n) is 2.05. The SMILES string of the molecule is CN=C(N)NC(CS(=O)[O-])c1cc(-c2ccc(F)c(C#N)c2)cs1. The average Bonchev–Trinajstić information content (AvgIpc) is 3.04. The Morgan fingerprint density at radius 3 is 2.92 bits per heavy atom. The molecule has 1 aromatic heterocycles. The van der Waals surface area contributed by atoms with Gasteiger partial charge in [-0.2, -0.15) is 5.26 Å². The molecule has 1 heterocycles. The molecular formula is C15H14FN4O2S2-. The van der Waals surface area contributed by atoms with Gasteiger partial charge in [-0.1, -0.05) is 17.1 Å². The van der Waals surface area contributed by atoms with Gasteiger partial charge in [0.1, 0.15) is 11.9 Å². The van der Waals surface area contributed by atoms with E-state index in [0.717, 1.165) is 10.4 Å². The molecule has 0 fully saturated rings. The molecule has 3 N–H and O–H groups in total. The van der Waals surface area contributed by atoms with Crippen LogP contribution in [-0.4, -0.2) is 27.5 Å². The van der Waals surface area contributed by atoms with Crippen molar-refractivity contribution in [3.05, 3.63) is 45.9 Å². The zero-order valence-corrected chi connectivity index (χ0v) is 14.3. The summed E-state index contributed by atoms with van der Waals surface area (Å²) in [4.78, 5) is 4.51. The highest BCUT2D eigenvalue weighted by atomic mass is 32.2. The van der Waals surface area contributed by atoms with E-state index in [9.17, 15) is 13.2 Å². The van der Waals surface area contributed by atoms with Gasteiger partial charge in [0.25, 0.3) is 0 Å². The number of nitrogens with zero attached hydrogens (tertiary/aromatic N) is 2. The van der Waals surface area contributed by atoms with Crippen LogP contribution in [-0.2, 0) is 11.1 Å². The zero-order valence-electron chi connectivity index (χ0n) is 12.7. The monoisotopic (exact) mass is 365 g/mol. The molecule has 0 amide bonds. The number of nitriles is 1. The second kappa shape index (κ2) is 8.01. The first-order chi connectivity index (χ1) is 11.4. The first kappa shape index (κ1) is 18.1. The van der Waals surface area contributed by atoms with Gasteiger partial charge in [0.15, 0.2) is 5.96 Å². The van der Waals surface area contributed by atoms with Crippen LogP contribution in [0, 0.1) is 17.1 Å². The van der Waals surface area contributed by atoms with Crippen molar-refractivity contribution in [3.8, 4) is 17.2 Å². The summed E-state index contributed by atoms with van der Waals surface area (Å²) >= 11 is -0.925. The lowest BCUT2D eigenvalue weighted by molar-refractivity contribution is 0.528. The van der Waals surface area contributed by atoms with E-state index in [1.165, 1.54) is 30.5 Å². The third-order valence-corrected chi connectivity index (χ3v) is 4.90. The summed E-state index contributed by atoms with van der Waals surface area (Å²) in [6.07, 6.45) is 0. The predicted octanol–water partition coefficient (Wildman–Crippen LogP) is 1.88. The van der Waals surface area contributed by atoms with Gasteiger partial charge < -0.3 is 15.6 Å². The van der Waals surface area contributed by atoms with Crippen LogP contribution >= 0.6 is 11.3 Å². The molecular weight excluding hydrogens is 351 g/mol. The number of nitrogens with one attached hydrogen (secondary N) is 1. The highest BCUT2D eigenvalue weighted by molar-refractivity contribution is 7.79. The van der Waals surface area contributed by atoms with E-state index in [-0.39, 0.29) is 17.3 Å². The molecule has 2 unspecified atom stereocenters. The summed E-state index contributed by atoms with van der Waals surface area (Å²) in [5, 5.41) is 13.6. The van der Waals surface area contributed by atoms with Crippen molar-refractivity contribution in [2.24, 2.45) is 10.7 Å². The summed E-state index contributed by atoms with van der Waals surface area (Å²) in [6.45, 7) is 0. The van der Waals surface area contributed by atoms with Crippen LogP contribution in [0.15, 0.2) is 34.6 Å². The molecule has 0 saturated heterocycles. The summed E-state index contributed by atoms with van der Waals surface area (Å²) in [6, 6.07) is 7.30. The summed E-state index contributed by atoms with van der Waals surface area (Å²) in [5.74, 6) is -0.609. The Balaban J connectivity index is 2.33. The van der Waals surface area contributed by atoms with Crippen molar-refractivity contribution >= 4 is 28.4 Å². The first-order valence-corrected chi connectivity index (χ1v) is 8.90. The van der Waals surface area contributed by atoms with Gasteiger partial charge in [-0.05, 0) is 34.7 Å². The maximum atomic E-state index is 13.4. The number of nitrogens with two attached hydrogens (primary N) is 1. The first-order valence-electron chi connectivity index (χ1n) is 6.77. The van der Waals surface area contributed by atoms with E-state index >= 15 is 0 Å². The second-order valence-electron chi connectivity index (χ2n) is 4.82. The Hall–Kier alpha value is -2.28. The number of thiophene rings is 1. The molecule has 2 rings (SSSR count). The number of hydrogen-bond acceptors (Lipinski definition) is 5. The average molecular weight is 365 g/mol. The third-order valence-electron chi connectivity index (χ3n) is 3.25. The molecule has 9 heteroatoms. The van der Waals surface area contributed by atoms with Crippen LogP contribution < -0.4 is 11.1 Å². The summed E-state index contributed by atoms with van der Waals surface area (Å²) in [7, 11) is 1.50. The molecule has 1 aromatic carbocycles. The highest BCUT2D eigenvalue weighted by Gasteiger charge is 2.16. The van der Waals surface area contributed by atoms with Crippen molar-refractivity contribution in [1.82, 2.24) is 5.32 Å². The van der Waals surface area contributed by atoms with E-state index < -0.39 is 22.9 Å². The highest BCUT2D eigenvalue weighted by Crippen LogP contribution is 2.30. The maximum Gasteiger partial charge on any atom is 0.188 e. The Bertz CT molecular complexity index is 829. The fourth-order valence-corrected chi connectivity index (χ4v) is 3.66. The largest absolute Gasteiger partial charge is 0.772 e. The lowest BCUT2D eigenvalue weighted by Crippen LogP contribution is -2.36. The minimum atomic E-state index is -2.27. The molecule has 0 radical (unpaired) electrons. The molecule has 0 spiro atoms. The smallest absolute Gasteiger partial charge is 0.188 e. The quantitative estimate of drug-likeness (QED) is 0.477. The van der Waals surface area contributed by atoms with Crippen LogP contribution in [0.5, 0.6) is 0 Å². The topological polar surface area (TPSA) is 114 Å². The molecule has 2 aromatic rings. The Labute approximate surface area is 145 Å². The van der Waals surface area contributed by atoms with Crippen LogP contribution in [0.25, 0.3) is 11.1 Å². The minimum Gasteiger partial charge on any atom is -0.772 e. The Kier molecular flexibility index (Phi) is 6.03. The van der Waals surface area contributed by atoms with Crippen LogP contribution in [0.3, 0.4) is 0 Å². The van der Waals surface area contributed by atoms with Gasteiger partial charge in [0.05, 0.1) is 11.6 Å². The lowest BCUT2D eigenvalue weighted by atomic mass is 10.1. The van der Waals surface area contributed by atoms with E-state index in [4.69, 9.17) is 11.0 Å². The number of halogens is 1. The second-order valence-corrected chi connectivity index (χ2v) is 6.70. The van der Waals surface area contributed by atoms with Gasteiger partial charge in [-0.15, -0.1) is 11.3 Å². The van der Waals surface area contributed by atoms with Crippen LogP contribution in [0.4, 0.5) is 4.39 Å². The van der Waals surface area contributed by atoms with E-state index in [1.807, 2.05) is 5.38 Å². The van der Waals surface area contributed by atoms with Crippen molar-refractivity contribution in [2.75, 3.05) is 12.8 Å². The van der Waals surface area contributed by atoms with Crippen LogP contribution in [0.1, 0.15) is 16.5 Å². The van der Waals surface area contributed by atoms with Gasteiger partial charge in [-0.25, -0.2) is 4.39 Å². The molecule has 0 saturated carbocycles. The summed E-state index contributed by atoms with van der Waals surface area (Å²) in [5.41, 5.74) is 7.02. The van der Waals surface area contributed by atoms with Crippen molar-refractivity contribution in [2.45, 2.75) is 6.04 Å². The van der Waals surface area contributed by atoms with Gasteiger partial charge in [0.2, 0.25) is 0 Å². The van der Waals surface area contributed by atoms with Crippen molar-refractivity contribution in [1.29, 1.82) is 5.26 Å². The number of rotatable bonds is 5. The molecule has 0 aliphatic carbocycles. The fraction of sp³-hybridized carbons (Fsp3) is 0.200. The number of hydrogen-bond donors (Lipinski definition) is 2. The number of benzene rings is 1. The lowest BCUT2D eigenvalue weighted by Gasteiger charge is -2.19. The molecule has 0 aliphatic rings. The molecule has 2 atom stereocenters. The minimum absolute atomic E-state index is 0.0436. The summed E-state index contributed by atoms with van der Waals surface area (Å²) < 4.78 is 35.5. The normalized spacial score (nSPS) is 14.0. The van der Waals surface area contributed by atoms with E-state index in [1.54, 1.807) is 18.2 Å². The predicted molar refractivity (Wildman–Crippen MR) is 91.6 cm³/mol. The van der Waals surface area contributed by atoms with Crippen molar-refractivity contribution in [3.63, 3.8) is 0 Å². The Morgan fingerprint density at radius 1 is 1.54 bits per heavy atom. The maximum absolute atomic E-state index is 13.4. The van der Waals surface area contributed by atoms with Gasteiger partial charge >= 0.3 is 0 Å². The van der Waals surface area contributed by atoms with Crippen LogP contribution in [0.2, 0.25) is 0 Å². The van der Waals surface area contributed by atoms with Gasteiger partial charge in [0, 0.05) is 17.7 Å². The third kappa shape index (κ3) is 4.38. The van der Waals surface area contributed by atoms with E-state index in [2.05, 4.69) is 10.3 Å². The number of guanidine groups is 1. The molecule has 6 nitrogen and oxygen atoms in total. The van der Waals surface area contributed by atoms with Gasteiger partial charge in [-0.3, -0.25) is 9.20 Å².